The van der Waals surface area contributed by atoms with Gasteiger partial charge in [-0.05, 0) is 42.3 Å². The van der Waals surface area contributed by atoms with E-state index in [9.17, 15) is 13.5 Å². The zero-order valence-corrected chi connectivity index (χ0v) is 14.8. The number of phenolic OH excluding ortho intramolecular Hbond substituents is 1. The number of anilines is 1. The van der Waals surface area contributed by atoms with E-state index in [2.05, 4.69) is 15.9 Å². The van der Waals surface area contributed by atoms with Gasteiger partial charge in [0.05, 0.1) is 10.6 Å². The summed E-state index contributed by atoms with van der Waals surface area (Å²) < 4.78 is 28.0. The van der Waals surface area contributed by atoms with Crippen LogP contribution in [-0.2, 0) is 10.0 Å². The summed E-state index contributed by atoms with van der Waals surface area (Å²) in [6, 6.07) is 12.8. The van der Waals surface area contributed by atoms with Crippen LogP contribution in [0.4, 0.5) is 5.69 Å². The summed E-state index contributed by atoms with van der Waals surface area (Å²) in [7, 11) is -3.68. The van der Waals surface area contributed by atoms with E-state index in [0.29, 0.717) is 12.2 Å². The molecule has 2 aromatic carbocycles. The molecule has 22 heavy (non-hydrogen) atoms. The molecule has 0 radical (unpaired) electrons. The van der Waals surface area contributed by atoms with Crippen molar-refractivity contribution in [3.05, 3.63) is 53.0 Å². The summed E-state index contributed by atoms with van der Waals surface area (Å²) in [5, 5.41) is 9.64. The number of aromatic hydroxyl groups is 1. The van der Waals surface area contributed by atoms with Crippen LogP contribution in [0.15, 0.2) is 57.9 Å². The van der Waals surface area contributed by atoms with E-state index in [1.54, 1.807) is 36.4 Å². The topological polar surface area (TPSA) is 57.6 Å². The number of sulfonamides is 1. The summed E-state index contributed by atoms with van der Waals surface area (Å²) in [5.41, 5.74) is 0.455. The number of halogens is 1. The maximum absolute atomic E-state index is 12.9. The van der Waals surface area contributed by atoms with Gasteiger partial charge < -0.3 is 5.11 Å². The van der Waals surface area contributed by atoms with Gasteiger partial charge in [-0.1, -0.05) is 35.8 Å². The lowest BCUT2D eigenvalue weighted by Gasteiger charge is -2.26. The monoisotopic (exact) mass is 383 g/mol. The van der Waals surface area contributed by atoms with Crippen molar-refractivity contribution in [3.63, 3.8) is 0 Å². The Labute approximate surface area is 139 Å². The highest BCUT2D eigenvalue weighted by Crippen LogP contribution is 2.28. The minimum Gasteiger partial charge on any atom is -0.508 e. The normalized spacial score (nSPS) is 11.6. The molecule has 0 bridgehead atoms. The van der Waals surface area contributed by atoms with Gasteiger partial charge in [-0.25, -0.2) is 8.42 Å². The molecule has 2 rings (SSSR count). The number of benzene rings is 2. The molecule has 0 amide bonds. The van der Waals surface area contributed by atoms with Crippen molar-refractivity contribution in [1.82, 2.24) is 0 Å². The SMILES string of the molecule is CC(C)CN(c1cccc(O)c1)S(=O)(=O)c1ccc(Br)cc1. The fourth-order valence-corrected chi connectivity index (χ4v) is 3.94. The largest absolute Gasteiger partial charge is 0.508 e. The molecule has 0 unspecified atom stereocenters. The van der Waals surface area contributed by atoms with Gasteiger partial charge in [0.1, 0.15) is 5.75 Å². The Balaban J connectivity index is 2.50. The molecule has 4 nitrogen and oxygen atoms in total. The molecule has 0 aliphatic heterocycles. The lowest BCUT2D eigenvalue weighted by Crippen LogP contribution is -2.34. The van der Waals surface area contributed by atoms with E-state index in [-0.39, 0.29) is 16.6 Å². The number of nitrogens with zero attached hydrogens (tertiary/aromatic N) is 1. The van der Waals surface area contributed by atoms with Gasteiger partial charge in [-0.3, -0.25) is 4.31 Å². The highest BCUT2D eigenvalue weighted by atomic mass is 79.9. The van der Waals surface area contributed by atoms with Gasteiger partial charge >= 0.3 is 0 Å². The number of phenols is 1. The van der Waals surface area contributed by atoms with Crippen molar-refractivity contribution >= 4 is 31.6 Å². The summed E-state index contributed by atoms with van der Waals surface area (Å²) >= 11 is 3.30. The lowest BCUT2D eigenvalue weighted by atomic mass is 10.2. The zero-order chi connectivity index (χ0) is 16.3. The first kappa shape index (κ1) is 16.8. The first-order valence-electron chi connectivity index (χ1n) is 6.88. The van der Waals surface area contributed by atoms with E-state index in [1.807, 2.05) is 13.8 Å². The molecule has 2 aromatic rings. The molecule has 6 heteroatoms. The number of hydrogen-bond donors (Lipinski definition) is 1. The van der Waals surface area contributed by atoms with Crippen LogP contribution < -0.4 is 4.31 Å². The third-order valence-electron chi connectivity index (χ3n) is 3.05. The second kappa shape index (κ2) is 6.71. The average Bonchev–Trinajstić information content (AvgIpc) is 2.45. The molecule has 0 atom stereocenters. The smallest absolute Gasteiger partial charge is 0.264 e. The molecular formula is C16H18BrNO3S. The Morgan fingerprint density at radius 1 is 1.14 bits per heavy atom. The molecule has 0 aromatic heterocycles. The van der Waals surface area contributed by atoms with E-state index in [4.69, 9.17) is 0 Å². The van der Waals surface area contributed by atoms with E-state index in [0.717, 1.165) is 4.47 Å². The van der Waals surface area contributed by atoms with Crippen molar-refractivity contribution in [1.29, 1.82) is 0 Å². The van der Waals surface area contributed by atoms with Crippen molar-refractivity contribution in [2.45, 2.75) is 18.7 Å². The quantitative estimate of drug-likeness (QED) is 0.848. The van der Waals surface area contributed by atoms with Gasteiger partial charge in [0.25, 0.3) is 10.0 Å². The molecule has 0 aliphatic rings. The zero-order valence-electron chi connectivity index (χ0n) is 12.4. The molecular weight excluding hydrogens is 366 g/mol. The van der Waals surface area contributed by atoms with Gasteiger partial charge in [-0.2, -0.15) is 0 Å². The predicted molar refractivity (Wildman–Crippen MR) is 91.6 cm³/mol. The summed E-state index contributed by atoms with van der Waals surface area (Å²) in [6.07, 6.45) is 0. The fraction of sp³-hybridized carbons (Fsp3) is 0.250. The standard InChI is InChI=1S/C16H18BrNO3S/c1-12(2)11-18(14-4-3-5-15(19)10-14)22(20,21)16-8-6-13(17)7-9-16/h3-10,12,19H,11H2,1-2H3. The van der Waals surface area contributed by atoms with Gasteiger partial charge in [0, 0.05) is 17.1 Å². The van der Waals surface area contributed by atoms with Crippen LogP contribution in [0.25, 0.3) is 0 Å². The molecule has 0 saturated carbocycles. The molecule has 0 heterocycles. The van der Waals surface area contributed by atoms with Crippen LogP contribution >= 0.6 is 15.9 Å². The molecule has 118 valence electrons. The van der Waals surface area contributed by atoms with Crippen LogP contribution in [0.5, 0.6) is 5.75 Å². The molecule has 0 saturated heterocycles. The van der Waals surface area contributed by atoms with E-state index in [1.165, 1.54) is 16.4 Å². The maximum atomic E-state index is 12.9. The van der Waals surface area contributed by atoms with E-state index < -0.39 is 10.0 Å². The Morgan fingerprint density at radius 2 is 1.77 bits per heavy atom. The van der Waals surface area contributed by atoms with Crippen LogP contribution in [0.2, 0.25) is 0 Å². The Morgan fingerprint density at radius 3 is 2.32 bits per heavy atom. The Hall–Kier alpha value is -1.53. The van der Waals surface area contributed by atoms with Gasteiger partial charge in [0.15, 0.2) is 0 Å². The number of hydrogen-bond acceptors (Lipinski definition) is 3. The summed E-state index contributed by atoms with van der Waals surface area (Å²) in [4.78, 5) is 0.222. The lowest BCUT2D eigenvalue weighted by molar-refractivity contribution is 0.475. The van der Waals surface area contributed by atoms with Crippen molar-refractivity contribution in [2.75, 3.05) is 10.8 Å². The van der Waals surface area contributed by atoms with Crippen LogP contribution in [-0.4, -0.2) is 20.1 Å². The van der Waals surface area contributed by atoms with Gasteiger partial charge in [0.2, 0.25) is 0 Å². The Bertz CT molecular complexity index is 742. The van der Waals surface area contributed by atoms with Gasteiger partial charge in [-0.15, -0.1) is 0 Å². The maximum Gasteiger partial charge on any atom is 0.264 e. The van der Waals surface area contributed by atoms with Crippen molar-refractivity contribution < 1.29 is 13.5 Å². The fourth-order valence-electron chi connectivity index (χ4n) is 2.06. The highest BCUT2D eigenvalue weighted by Gasteiger charge is 2.25. The second-order valence-electron chi connectivity index (χ2n) is 5.40. The first-order chi connectivity index (χ1) is 10.3. The van der Waals surface area contributed by atoms with E-state index >= 15 is 0 Å². The van der Waals surface area contributed by atoms with Crippen LogP contribution in [0, 0.1) is 5.92 Å². The molecule has 0 fully saturated rings. The van der Waals surface area contributed by atoms with Crippen LogP contribution in [0.3, 0.4) is 0 Å². The number of rotatable bonds is 5. The second-order valence-corrected chi connectivity index (χ2v) is 8.18. The third kappa shape index (κ3) is 3.81. The third-order valence-corrected chi connectivity index (χ3v) is 5.39. The van der Waals surface area contributed by atoms with Crippen LogP contribution in [0.1, 0.15) is 13.8 Å². The first-order valence-corrected chi connectivity index (χ1v) is 9.11. The summed E-state index contributed by atoms with van der Waals surface area (Å²) in [6.45, 7) is 4.24. The van der Waals surface area contributed by atoms with Crippen molar-refractivity contribution in [2.24, 2.45) is 5.92 Å². The molecule has 0 aliphatic carbocycles. The molecule has 0 spiro atoms. The highest BCUT2D eigenvalue weighted by molar-refractivity contribution is 9.10. The summed E-state index contributed by atoms with van der Waals surface area (Å²) in [5.74, 6) is 0.185. The van der Waals surface area contributed by atoms with Crippen molar-refractivity contribution in [3.8, 4) is 5.75 Å². The molecule has 1 N–H and O–H groups in total. The Kier molecular flexibility index (Phi) is 5.13. The minimum absolute atomic E-state index is 0.0391. The average molecular weight is 384 g/mol. The minimum atomic E-state index is -3.68. The predicted octanol–water partition coefficient (Wildman–Crippen LogP) is 4.01.